The molecule has 0 aliphatic heterocycles. The molecular weight excluding hydrogens is 212 g/mol. The first-order valence-electron chi connectivity index (χ1n) is 5.82. The molecule has 0 saturated carbocycles. The van der Waals surface area contributed by atoms with E-state index in [1.165, 1.54) is 0 Å². The Morgan fingerprint density at radius 1 is 0.882 bits per heavy atom. The van der Waals surface area contributed by atoms with Gasteiger partial charge in [0.05, 0.1) is 0 Å². The molecular formula is C15H16O2. The van der Waals surface area contributed by atoms with Gasteiger partial charge in [-0.3, -0.25) is 0 Å². The van der Waals surface area contributed by atoms with E-state index in [1.807, 2.05) is 24.3 Å². The van der Waals surface area contributed by atoms with Crippen LogP contribution in [-0.4, -0.2) is 10.2 Å². The van der Waals surface area contributed by atoms with Crippen molar-refractivity contribution < 1.29 is 10.2 Å². The maximum atomic E-state index is 9.52. The van der Waals surface area contributed by atoms with Gasteiger partial charge in [0.15, 0.2) is 0 Å². The van der Waals surface area contributed by atoms with Gasteiger partial charge in [-0.15, -0.1) is 0 Å². The van der Waals surface area contributed by atoms with E-state index in [9.17, 15) is 10.2 Å². The van der Waals surface area contributed by atoms with Gasteiger partial charge >= 0.3 is 0 Å². The highest BCUT2D eigenvalue weighted by atomic mass is 16.3. The van der Waals surface area contributed by atoms with Crippen LogP contribution >= 0.6 is 0 Å². The largest absolute Gasteiger partial charge is 0.508 e. The van der Waals surface area contributed by atoms with Crippen molar-refractivity contribution in [2.45, 2.75) is 19.8 Å². The molecule has 2 rings (SSSR count). The number of aromatic hydroxyl groups is 2. The third-order valence-electron chi connectivity index (χ3n) is 2.79. The molecule has 0 aromatic heterocycles. The smallest absolute Gasteiger partial charge is 0.115 e. The lowest BCUT2D eigenvalue weighted by Crippen LogP contribution is -1.89. The molecule has 0 spiro atoms. The van der Waals surface area contributed by atoms with Gasteiger partial charge in [0.1, 0.15) is 11.5 Å². The summed E-state index contributed by atoms with van der Waals surface area (Å²) in [6.45, 7) is 2.12. The van der Waals surface area contributed by atoms with Gasteiger partial charge in [0.25, 0.3) is 0 Å². The second-order valence-corrected chi connectivity index (χ2v) is 4.14. The lowest BCUT2D eigenvalue weighted by atomic mass is 9.96. The lowest BCUT2D eigenvalue weighted by molar-refractivity contribution is 0.474. The van der Waals surface area contributed by atoms with E-state index < -0.39 is 0 Å². The highest BCUT2D eigenvalue weighted by Gasteiger charge is 2.05. The number of rotatable bonds is 3. The highest BCUT2D eigenvalue weighted by molar-refractivity contribution is 5.69. The number of benzene rings is 2. The fourth-order valence-electron chi connectivity index (χ4n) is 1.98. The summed E-state index contributed by atoms with van der Waals surface area (Å²) in [5, 5.41) is 18.8. The third kappa shape index (κ3) is 2.59. The zero-order valence-electron chi connectivity index (χ0n) is 9.85. The van der Waals surface area contributed by atoms with E-state index in [2.05, 4.69) is 6.92 Å². The predicted octanol–water partition coefficient (Wildman–Crippen LogP) is 3.72. The first-order chi connectivity index (χ1) is 8.20. The molecule has 0 radical (unpaired) electrons. The monoisotopic (exact) mass is 228 g/mol. The molecule has 0 unspecified atom stereocenters. The second kappa shape index (κ2) is 4.91. The van der Waals surface area contributed by atoms with Crippen LogP contribution < -0.4 is 0 Å². The van der Waals surface area contributed by atoms with Crippen LogP contribution in [0.25, 0.3) is 11.1 Å². The Hall–Kier alpha value is -1.96. The minimum atomic E-state index is 0.268. The number of phenols is 2. The highest BCUT2D eigenvalue weighted by Crippen LogP contribution is 2.29. The average molecular weight is 228 g/mol. The summed E-state index contributed by atoms with van der Waals surface area (Å²) in [5.74, 6) is 0.570. The summed E-state index contributed by atoms with van der Waals surface area (Å²) < 4.78 is 0. The minimum absolute atomic E-state index is 0.268. The van der Waals surface area contributed by atoms with Crippen molar-refractivity contribution in [3.05, 3.63) is 48.0 Å². The van der Waals surface area contributed by atoms with Crippen molar-refractivity contribution >= 4 is 0 Å². The van der Waals surface area contributed by atoms with E-state index in [1.54, 1.807) is 18.2 Å². The van der Waals surface area contributed by atoms with Crippen LogP contribution in [0.4, 0.5) is 0 Å². The molecule has 0 amide bonds. The van der Waals surface area contributed by atoms with Crippen LogP contribution in [0, 0.1) is 0 Å². The molecule has 2 N–H and O–H groups in total. The molecule has 0 aliphatic carbocycles. The van der Waals surface area contributed by atoms with Gasteiger partial charge in [-0.2, -0.15) is 0 Å². The number of hydrogen-bond acceptors (Lipinski definition) is 2. The zero-order valence-corrected chi connectivity index (χ0v) is 9.85. The summed E-state index contributed by atoms with van der Waals surface area (Å²) >= 11 is 0. The number of phenolic OH excluding ortho intramolecular Hbond substituents is 2. The Morgan fingerprint density at radius 3 is 2.18 bits per heavy atom. The normalized spacial score (nSPS) is 10.4. The molecule has 0 fully saturated rings. The van der Waals surface area contributed by atoms with Crippen LogP contribution in [0.5, 0.6) is 11.5 Å². The lowest BCUT2D eigenvalue weighted by Gasteiger charge is -2.09. The first kappa shape index (κ1) is 11.5. The van der Waals surface area contributed by atoms with Gasteiger partial charge in [0.2, 0.25) is 0 Å². The molecule has 88 valence electrons. The topological polar surface area (TPSA) is 40.5 Å². The van der Waals surface area contributed by atoms with Crippen LogP contribution in [0.1, 0.15) is 18.9 Å². The Balaban J connectivity index is 2.46. The quantitative estimate of drug-likeness (QED) is 0.840. The number of hydrogen-bond donors (Lipinski definition) is 2. The summed E-state index contributed by atoms with van der Waals surface area (Å²) in [4.78, 5) is 0. The zero-order chi connectivity index (χ0) is 12.3. The Kier molecular flexibility index (Phi) is 3.33. The van der Waals surface area contributed by atoms with E-state index in [0.29, 0.717) is 5.75 Å². The molecule has 2 aromatic rings. The average Bonchev–Trinajstić information content (AvgIpc) is 2.31. The van der Waals surface area contributed by atoms with Crippen molar-refractivity contribution in [3.8, 4) is 22.6 Å². The fraction of sp³-hybridized carbons (Fsp3) is 0.200. The molecule has 0 atom stereocenters. The Bertz CT molecular complexity index is 501. The van der Waals surface area contributed by atoms with Gasteiger partial charge < -0.3 is 10.2 Å². The van der Waals surface area contributed by atoms with Crippen molar-refractivity contribution in [2.24, 2.45) is 0 Å². The van der Waals surface area contributed by atoms with Gasteiger partial charge in [-0.05, 0) is 47.4 Å². The molecule has 2 heteroatoms. The molecule has 0 saturated heterocycles. The first-order valence-corrected chi connectivity index (χ1v) is 5.82. The van der Waals surface area contributed by atoms with Crippen molar-refractivity contribution in [1.82, 2.24) is 0 Å². The Labute approximate surface area is 101 Å². The van der Waals surface area contributed by atoms with E-state index in [-0.39, 0.29) is 5.75 Å². The maximum Gasteiger partial charge on any atom is 0.115 e. The Morgan fingerprint density at radius 2 is 1.53 bits per heavy atom. The van der Waals surface area contributed by atoms with Crippen molar-refractivity contribution in [3.63, 3.8) is 0 Å². The maximum absolute atomic E-state index is 9.52. The van der Waals surface area contributed by atoms with Gasteiger partial charge in [-0.1, -0.05) is 31.5 Å². The third-order valence-corrected chi connectivity index (χ3v) is 2.79. The minimum Gasteiger partial charge on any atom is -0.508 e. The predicted molar refractivity (Wildman–Crippen MR) is 69.2 cm³/mol. The molecule has 0 bridgehead atoms. The second-order valence-electron chi connectivity index (χ2n) is 4.14. The van der Waals surface area contributed by atoms with Crippen LogP contribution in [0.3, 0.4) is 0 Å². The summed E-state index contributed by atoms with van der Waals surface area (Å²) in [6.07, 6.45) is 1.97. The van der Waals surface area contributed by atoms with Crippen molar-refractivity contribution in [1.29, 1.82) is 0 Å². The van der Waals surface area contributed by atoms with Gasteiger partial charge in [0, 0.05) is 0 Å². The molecule has 0 heterocycles. The fourth-order valence-corrected chi connectivity index (χ4v) is 1.98. The molecule has 2 aromatic carbocycles. The molecule has 17 heavy (non-hydrogen) atoms. The van der Waals surface area contributed by atoms with E-state index in [0.717, 1.165) is 29.5 Å². The number of aryl methyl sites for hydroxylation is 1. The van der Waals surface area contributed by atoms with Crippen LogP contribution in [0.2, 0.25) is 0 Å². The van der Waals surface area contributed by atoms with E-state index in [4.69, 9.17) is 0 Å². The SMILES string of the molecule is CCCc1cc(O)ccc1-c1ccc(O)cc1. The van der Waals surface area contributed by atoms with Crippen LogP contribution in [0.15, 0.2) is 42.5 Å². The van der Waals surface area contributed by atoms with Gasteiger partial charge in [-0.25, -0.2) is 0 Å². The standard InChI is InChI=1S/C15H16O2/c1-2-3-12-10-14(17)8-9-15(12)11-4-6-13(16)7-5-11/h4-10,16-17H,2-3H2,1H3. The summed E-state index contributed by atoms with van der Waals surface area (Å²) in [5.41, 5.74) is 3.31. The van der Waals surface area contributed by atoms with E-state index >= 15 is 0 Å². The van der Waals surface area contributed by atoms with Crippen molar-refractivity contribution in [2.75, 3.05) is 0 Å². The molecule has 0 aliphatic rings. The molecule has 2 nitrogen and oxygen atoms in total. The van der Waals surface area contributed by atoms with Crippen LogP contribution in [-0.2, 0) is 6.42 Å². The summed E-state index contributed by atoms with van der Waals surface area (Å²) in [6, 6.07) is 12.6. The summed E-state index contributed by atoms with van der Waals surface area (Å²) in [7, 11) is 0.